The van der Waals surface area contributed by atoms with Crippen LogP contribution in [0.25, 0.3) is 0 Å². The summed E-state index contributed by atoms with van der Waals surface area (Å²) in [6.07, 6.45) is 1.97. The number of benzene rings is 1. The molecule has 3 nitrogen and oxygen atoms in total. The molecule has 0 saturated heterocycles. The van der Waals surface area contributed by atoms with Crippen LogP contribution in [0.3, 0.4) is 0 Å². The second kappa shape index (κ2) is 5.96. The molecule has 1 aromatic heterocycles. The van der Waals surface area contributed by atoms with E-state index >= 15 is 0 Å². The number of carbonyl (C=O) groups excluding carboxylic acids is 1. The average Bonchev–Trinajstić information content (AvgIpc) is 2.40. The summed E-state index contributed by atoms with van der Waals surface area (Å²) in [4.78, 5) is 15.8. The number of esters is 1. The van der Waals surface area contributed by atoms with Crippen LogP contribution in [0.2, 0.25) is 0 Å². The number of ether oxygens (including phenoxy) is 1. The highest BCUT2D eigenvalue weighted by Gasteiger charge is 2.05. The lowest BCUT2D eigenvalue weighted by atomic mass is 10.2. The fourth-order valence-electron chi connectivity index (χ4n) is 1.56. The van der Waals surface area contributed by atoms with Crippen molar-refractivity contribution in [2.45, 2.75) is 20.0 Å². The number of hydrogen-bond acceptors (Lipinski definition) is 3. The van der Waals surface area contributed by atoms with Gasteiger partial charge in [0.1, 0.15) is 6.61 Å². The molecule has 2 aromatic rings. The molecule has 0 fully saturated rings. The smallest absolute Gasteiger partial charge is 0.310 e. The van der Waals surface area contributed by atoms with Gasteiger partial charge in [-0.25, -0.2) is 0 Å². The number of carbonyl (C=O) groups is 1. The van der Waals surface area contributed by atoms with Crippen molar-refractivity contribution < 1.29 is 9.53 Å². The molecule has 0 bridgehead atoms. The molecule has 0 N–H and O–H groups in total. The lowest BCUT2D eigenvalue weighted by Gasteiger charge is -2.05. The molecule has 0 spiro atoms. The monoisotopic (exact) mass is 241 g/mol. The van der Waals surface area contributed by atoms with Crippen molar-refractivity contribution in [2.24, 2.45) is 0 Å². The van der Waals surface area contributed by atoms with E-state index in [0.29, 0.717) is 6.61 Å². The molecule has 0 aliphatic heterocycles. The number of rotatable bonds is 4. The first-order valence-corrected chi connectivity index (χ1v) is 5.85. The highest BCUT2D eigenvalue weighted by atomic mass is 16.5. The van der Waals surface area contributed by atoms with Crippen molar-refractivity contribution in [3.05, 3.63) is 65.5 Å². The predicted octanol–water partition coefficient (Wildman–Crippen LogP) is 2.68. The van der Waals surface area contributed by atoms with Crippen LogP contribution in [0, 0.1) is 6.92 Å². The minimum absolute atomic E-state index is 0.232. The maximum absolute atomic E-state index is 11.6. The van der Waals surface area contributed by atoms with E-state index in [2.05, 4.69) is 4.98 Å². The van der Waals surface area contributed by atoms with Gasteiger partial charge < -0.3 is 4.74 Å². The Bertz CT molecular complexity index is 506. The molecule has 18 heavy (non-hydrogen) atoms. The number of hydrogen-bond donors (Lipinski definition) is 0. The Morgan fingerprint density at radius 2 is 1.89 bits per heavy atom. The van der Waals surface area contributed by atoms with Crippen molar-refractivity contribution in [3.63, 3.8) is 0 Å². The zero-order valence-electron chi connectivity index (χ0n) is 10.3. The molecular weight excluding hydrogens is 226 g/mol. The Hall–Kier alpha value is -2.16. The van der Waals surface area contributed by atoms with E-state index in [0.717, 1.165) is 16.8 Å². The van der Waals surface area contributed by atoms with E-state index in [9.17, 15) is 4.79 Å². The van der Waals surface area contributed by atoms with E-state index in [-0.39, 0.29) is 12.4 Å². The van der Waals surface area contributed by atoms with Crippen LogP contribution >= 0.6 is 0 Å². The van der Waals surface area contributed by atoms with Crippen molar-refractivity contribution in [1.29, 1.82) is 0 Å². The van der Waals surface area contributed by atoms with Crippen molar-refractivity contribution in [3.8, 4) is 0 Å². The molecule has 2 rings (SSSR count). The summed E-state index contributed by atoms with van der Waals surface area (Å²) >= 11 is 0. The highest BCUT2D eigenvalue weighted by molar-refractivity contribution is 5.72. The van der Waals surface area contributed by atoms with E-state index in [1.54, 1.807) is 6.20 Å². The zero-order chi connectivity index (χ0) is 12.8. The van der Waals surface area contributed by atoms with Crippen molar-refractivity contribution in [2.75, 3.05) is 0 Å². The minimum Gasteiger partial charge on any atom is -0.461 e. The van der Waals surface area contributed by atoms with Gasteiger partial charge in [0.25, 0.3) is 0 Å². The lowest BCUT2D eigenvalue weighted by molar-refractivity contribution is -0.144. The van der Waals surface area contributed by atoms with E-state index in [1.165, 1.54) is 0 Å². The van der Waals surface area contributed by atoms with Gasteiger partial charge in [-0.1, -0.05) is 36.4 Å². The summed E-state index contributed by atoms with van der Waals surface area (Å²) in [5.41, 5.74) is 2.81. The predicted molar refractivity (Wildman–Crippen MR) is 68.9 cm³/mol. The molecule has 0 unspecified atom stereocenters. The Kier molecular flexibility index (Phi) is 4.07. The Morgan fingerprint density at radius 3 is 2.56 bits per heavy atom. The fourth-order valence-corrected chi connectivity index (χ4v) is 1.56. The van der Waals surface area contributed by atoms with Gasteiger partial charge in [-0.2, -0.15) is 0 Å². The summed E-state index contributed by atoms with van der Waals surface area (Å²) in [6.45, 7) is 2.23. The molecule has 92 valence electrons. The quantitative estimate of drug-likeness (QED) is 0.772. The first kappa shape index (κ1) is 12.3. The molecule has 0 atom stereocenters. The van der Waals surface area contributed by atoms with E-state index < -0.39 is 0 Å². The standard InChI is InChI=1S/C15H15NO2/c1-12-7-8-14(10-16-12)9-15(17)18-11-13-5-3-2-4-6-13/h2-8,10H,9,11H2,1H3. The SMILES string of the molecule is Cc1ccc(CC(=O)OCc2ccccc2)cn1. The van der Waals surface area contributed by atoms with Crippen LogP contribution < -0.4 is 0 Å². The Morgan fingerprint density at radius 1 is 1.11 bits per heavy atom. The van der Waals surface area contributed by atoms with Crippen LogP contribution in [0.5, 0.6) is 0 Å². The molecule has 0 amide bonds. The second-order valence-corrected chi connectivity index (χ2v) is 4.13. The summed E-state index contributed by atoms with van der Waals surface area (Å²) in [7, 11) is 0. The first-order chi connectivity index (χ1) is 8.74. The molecule has 0 aliphatic rings. The fraction of sp³-hybridized carbons (Fsp3) is 0.200. The molecule has 0 radical (unpaired) electrons. The molecule has 1 aromatic carbocycles. The molecular formula is C15H15NO2. The van der Waals surface area contributed by atoms with E-state index in [4.69, 9.17) is 4.74 Å². The maximum atomic E-state index is 11.6. The zero-order valence-corrected chi connectivity index (χ0v) is 10.3. The number of aromatic nitrogens is 1. The molecule has 0 aliphatic carbocycles. The van der Waals surface area contributed by atoms with Gasteiger partial charge >= 0.3 is 5.97 Å². The van der Waals surface area contributed by atoms with Gasteiger partial charge in [-0.15, -0.1) is 0 Å². The van der Waals surface area contributed by atoms with Crippen LogP contribution in [-0.4, -0.2) is 11.0 Å². The maximum Gasteiger partial charge on any atom is 0.310 e. The van der Waals surface area contributed by atoms with Gasteiger partial charge in [-0.3, -0.25) is 9.78 Å². The first-order valence-electron chi connectivity index (χ1n) is 5.85. The highest BCUT2D eigenvalue weighted by Crippen LogP contribution is 2.04. The van der Waals surface area contributed by atoms with Crippen LogP contribution in [0.4, 0.5) is 0 Å². The molecule has 0 saturated carbocycles. The third kappa shape index (κ3) is 3.70. The number of pyridine rings is 1. The minimum atomic E-state index is -0.232. The van der Waals surface area contributed by atoms with E-state index in [1.807, 2.05) is 49.4 Å². The third-order valence-corrected chi connectivity index (χ3v) is 2.56. The van der Waals surface area contributed by atoms with Gasteiger partial charge in [0, 0.05) is 11.9 Å². The number of aryl methyl sites for hydroxylation is 1. The topological polar surface area (TPSA) is 39.2 Å². The summed E-state index contributed by atoms with van der Waals surface area (Å²) in [5, 5.41) is 0. The number of nitrogens with zero attached hydrogens (tertiary/aromatic N) is 1. The van der Waals surface area contributed by atoms with Gasteiger partial charge in [0.2, 0.25) is 0 Å². The van der Waals surface area contributed by atoms with Gasteiger partial charge in [-0.05, 0) is 24.1 Å². The third-order valence-electron chi connectivity index (χ3n) is 2.56. The van der Waals surface area contributed by atoms with Crippen molar-refractivity contribution in [1.82, 2.24) is 4.98 Å². The van der Waals surface area contributed by atoms with Crippen molar-refractivity contribution >= 4 is 5.97 Å². The second-order valence-electron chi connectivity index (χ2n) is 4.13. The molecule has 1 heterocycles. The van der Waals surface area contributed by atoms with Crippen LogP contribution in [0.15, 0.2) is 48.7 Å². The van der Waals surface area contributed by atoms with Gasteiger partial charge in [0.05, 0.1) is 6.42 Å². The average molecular weight is 241 g/mol. The van der Waals surface area contributed by atoms with Crippen LogP contribution in [-0.2, 0) is 22.6 Å². The normalized spacial score (nSPS) is 10.1. The summed E-state index contributed by atoms with van der Waals surface area (Å²) < 4.78 is 5.20. The summed E-state index contributed by atoms with van der Waals surface area (Å²) in [6, 6.07) is 13.4. The molecule has 3 heteroatoms. The Labute approximate surface area is 106 Å². The Balaban J connectivity index is 1.84. The van der Waals surface area contributed by atoms with Crippen LogP contribution in [0.1, 0.15) is 16.8 Å². The lowest BCUT2D eigenvalue weighted by Crippen LogP contribution is -2.08. The largest absolute Gasteiger partial charge is 0.461 e. The summed E-state index contributed by atoms with van der Waals surface area (Å²) in [5.74, 6) is -0.232. The van der Waals surface area contributed by atoms with Gasteiger partial charge in [0.15, 0.2) is 0 Å².